The van der Waals surface area contributed by atoms with Gasteiger partial charge in [0, 0.05) is 25.3 Å². The Morgan fingerprint density at radius 2 is 2.12 bits per heavy atom. The topological polar surface area (TPSA) is 61.4 Å². The first kappa shape index (κ1) is 11.4. The lowest BCUT2D eigenvalue weighted by Gasteiger charge is -2.12. The third-order valence-corrected chi connectivity index (χ3v) is 2.94. The summed E-state index contributed by atoms with van der Waals surface area (Å²) in [6.07, 6.45) is 0. The van der Waals surface area contributed by atoms with Gasteiger partial charge in [-0.05, 0) is 13.0 Å². The van der Waals surface area contributed by atoms with Crippen molar-refractivity contribution < 1.29 is 9.59 Å². The van der Waals surface area contributed by atoms with Crippen LogP contribution in [0.2, 0.25) is 0 Å². The summed E-state index contributed by atoms with van der Waals surface area (Å²) in [6.45, 7) is 1.96. The van der Waals surface area contributed by atoms with E-state index in [4.69, 9.17) is 0 Å². The zero-order valence-electron chi connectivity index (χ0n) is 10.1. The van der Waals surface area contributed by atoms with Gasteiger partial charge in [-0.1, -0.05) is 17.7 Å². The summed E-state index contributed by atoms with van der Waals surface area (Å²) in [5.41, 5.74) is 2.76. The Morgan fingerprint density at radius 3 is 2.76 bits per heavy atom. The lowest BCUT2D eigenvalue weighted by molar-refractivity contribution is -0.119. The monoisotopic (exact) mass is 233 g/mol. The predicted octanol–water partition coefficient (Wildman–Crippen LogP) is 0.942. The Balaban J connectivity index is 2.39. The highest BCUT2D eigenvalue weighted by Gasteiger charge is 2.35. The third kappa shape index (κ3) is 1.84. The number of urea groups is 1. The van der Waals surface area contributed by atoms with E-state index in [9.17, 15) is 9.59 Å². The lowest BCUT2D eigenvalue weighted by Crippen LogP contribution is -2.40. The quantitative estimate of drug-likeness (QED) is 0.758. The number of hydrogen-bond acceptors (Lipinski definition) is 2. The summed E-state index contributed by atoms with van der Waals surface area (Å²) >= 11 is 0. The molecule has 90 valence electrons. The third-order valence-electron chi connectivity index (χ3n) is 2.94. The number of anilines is 1. The van der Waals surface area contributed by atoms with Gasteiger partial charge < -0.3 is 15.5 Å². The van der Waals surface area contributed by atoms with Crippen molar-refractivity contribution in [1.29, 1.82) is 0 Å². The number of rotatable bonds is 1. The highest BCUT2D eigenvalue weighted by molar-refractivity contribution is 6.05. The molecule has 1 aromatic rings. The highest BCUT2D eigenvalue weighted by Crippen LogP contribution is 2.35. The number of aryl methyl sites for hydroxylation is 1. The minimum absolute atomic E-state index is 0.116. The number of nitrogens with zero attached hydrogens (tertiary/aromatic N) is 1. The molecule has 1 heterocycles. The Kier molecular flexibility index (Phi) is 2.75. The molecule has 3 amide bonds. The van der Waals surface area contributed by atoms with Crippen molar-refractivity contribution in [3.63, 3.8) is 0 Å². The van der Waals surface area contributed by atoms with Crippen LogP contribution in [-0.4, -0.2) is 26.0 Å². The minimum atomic E-state index is -0.588. The van der Waals surface area contributed by atoms with Gasteiger partial charge in [-0.3, -0.25) is 4.79 Å². The van der Waals surface area contributed by atoms with Crippen LogP contribution in [0.3, 0.4) is 0 Å². The maximum Gasteiger partial charge on any atom is 0.315 e. The fraction of sp³-hybridized carbons (Fsp3) is 0.333. The van der Waals surface area contributed by atoms with Crippen molar-refractivity contribution in [3.05, 3.63) is 29.3 Å². The molecule has 5 heteroatoms. The Hall–Kier alpha value is -2.04. The molecule has 1 aromatic carbocycles. The van der Waals surface area contributed by atoms with Crippen LogP contribution in [0.15, 0.2) is 18.2 Å². The van der Waals surface area contributed by atoms with Gasteiger partial charge in [0.2, 0.25) is 0 Å². The van der Waals surface area contributed by atoms with Gasteiger partial charge in [-0.15, -0.1) is 0 Å². The molecule has 0 aromatic heterocycles. The summed E-state index contributed by atoms with van der Waals surface area (Å²) < 4.78 is 0. The molecule has 1 aliphatic heterocycles. The zero-order chi connectivity index (χ0) is 12.6. The van der Waals surface area contributed by atoms with Gasteiger partial charge in [-0.25, -0.2) is 4.79 Å². The molecule has 2 N–H and O–H groups in total. The maximum atomic E-state index is 12.0. The maximum absolute atomic E-state index is 12.0. The van der Waals surface area contributed by atoms with Crippen molar-refractivity contribution in [3.8, 4) is 0 Å². The fourth-order valence-electron chi connectivity index (χ4n) is 2.00. The number of amides is 3. The van der Waals surface area contributed by atoms with E-state index in [-0.39, 0.29) is 11.9 Å². The van der Waals surface area contributed by atoms with Crippen molar-refractivity contribution >= 4 is 17.6 Å². The van der Waals surface area contributed by atoms with Crippen molar-refractivity contribution in [1.82, 2.24) is 10.6 Å². The van der Waals surface area contributed by atoms with E-state index < -0.39 is 6.04 Å². The molecule has 0 aliphatic carbocycles. The summed E-state index contributed by atoms with van der Waals surface area (Å²) in [4.78, 5) is 24.9. The molecule has 0 spiro atoms. The number of fused-ring (bicyclic) bond motifs is 1. The van der Waals surface area contributed by atoms with Gasteiger partial charge in [0.25, 0.3) is 5.91 Å². The van der Waals surface area contributed by atoms with Crippen LogP contribution >= 0.6 is 0 Å². The second-order valence-electron chi connectivity index (χ2n) is 4.12. The van der Waals surface area contributed by atoms with Crippen LogP contribution in [0.5, 0.6) is 0 Å². The minimum Gasteiger partial charge on any atom is -0.341 e. The number of carbonyl (C=O) groups excluding carboxylic acids is 2. The van der Waals surface area contributed by atoms with Crippen LogP contribution in [0.4, 0.5) is 10.5 Å². The molecule has 17 heavy (non-hydrogen) atoms. The standard InChI is InChI=1S/C12H15N3O2/c1-7-4-5-9-8(6-7)10(11(16)15(9)3)14-12(17)13-2/h4-6,10H,1-3H3,(H2,13,14,17). The van der Waals surface area contributed by atoms with E-state index in [0.29, 0.717) is 0 Å². The molecular formula is C12H15N3O2. The van der Waals surface area contributed by atoms with Crippen LogP contribution in [-0.2, 0) is 4.79 Å². The van der Waals surface area contributed by atoms with Crippen LogP contribution in [0.1, 0.15) is 17.2 Å². The van der Waals surface area contributed by atoms with Gasteiger partial charge in [0.1, 0.15) is 6.04 Å². The average molecular weight is 233 g/mol. The van der Waals surface area contributed by atoms with Crippen molar-refractivity contribution in [2.45, 2.75) is 13.0 Å². The van der Waals surface area contributed by atoms with Gasteiger partial charge in [0.05, 0.1) is 0 Å². The second kappa shape index (κ2) is 4.08. The smallest absolute Gasteiger partial charge is 0.315 e. The number of benzene rings is 1. The number of carbonyl (C=O) groups is 2. The van der Waals surface area contributed by atoms with E-state index in [1.165, 1.54) is 7.05 Å². The van der Waals surface area contributed by atoms with Crippen LogP contribution < -0.4 is 15.5 Å². The molecule has 0 radical (unpaired) electrons. The van der Waals surface area contributed by atoms with Crippen molar-refractivity contribution in [2.24, 2.45) is 0 Å². The molecule has 0 bridgehead atoms. The van der Waals surface area contributed by atoms with Gasteiger partial charge >= 0.3 is 6.03 Å². The number of nitrogens with one attached hydrogen (secondary N) is 2. The predicted molar refractivity (Wildman–Crippen MR) is 64.9 cm³/mol. The Bertz CT molecular complexity index is 485. The largest absolute Gasteiger partial charge is 0.341 e. The molecule has 0 saturated carbocycles. The van der Waals surface area contributed by atoms with Gasteiger partial charge in [-0.2, -0.15) is 0 Å². The average Bonchev–Trinajstić information content (AvgIpc) is 2.54. The Labute approximate surface area is 99.8 Å². The van der Waals surface area contributed by atoms with E-state index >= 15 is 0 Å². The summed E-state index contributed by atoms with van der Waals surface area (Å²) in [6, 6.07) is 4.83. The van der Waals surface area contributed by atoms with E-state index in [2.05, 4.69) is 10.6 Å². The van der Waals surface area contributed by atoms with Crippen LogP contribution in [0, 0.1) is 6.92 Å². The van der Waals surface area contributed by atoms with Gasteiger partial charge in [0.15, 0.2) is 0 Å². The SMILES string of the molecule is CNC(=O)NC1C(=O)N(C)c2ccc(C)cc21. The molecule has 1 aliphatic rings. The molecule has 1 unspecified atom stereocenters. The molecule has 2 rings (SSSR count). The zero-order valence-corrected chi connectivity index (χ0v) is 10.1. The fourth-order valence-corrected chi connectivity index (χ4v) is 2.00. The van der Waals surface area contributed by atoms with E-state index in [1.807, 2.05) is 25.1 Å². The van der Waals surface area contributed by atoms with E-state index in [1.54, 1.807) is 11.9 Å². The molecule has 0 saturated heterocycles. The summed E-state index contributed by atoms with van der Waals surface area (Å²) in [7, 11) is 3.23. The molecule has 0 fully saturated rings. The summed E-state index contributed by atoms with van der Waals surface area (Å²) in [5, 5.41) is 5.10. The molecular weight excluding hydrogens is 218 g/mol. The lowest BCUT2D eigenvalue weighted by atomic mass is 10.1. The number of likely N-dealkylation sites (N-methyl/N-ethyl adjacent to an activating group) is 1. The molecule has 1 atom stereocenters. The second-order valence-corrected chi connectivity index (χ2v) is 4.12. The molecule has 5 nitrogen and oxygen atoms in total. The first-order chi connectivity index (χ1) is 8.04. The first-order valence-electron chi connectivity index (χ1n) is 5.41. The highest BCUT2D eigenvalue weighted by atomic mass is 16.2. The Morgan fingerprint density at radius 1 is 1.41 bits per heavy atom. The summed E-state index contributed by atoms with van der Waals surface area (Å²) in [5.74, 6) is -0.116. The normalized spacial score (nSPS) is 17.9. The number of hydrogen-bond donors (Lipinski definition) is 2. The van der Waals surface area contributed by atoms with Crippen LogP contribution in [0.25, 0.3) is 0 Å². The van der Waals surface area contributed by atoms with Crippen molar-refractivity contribution in [2.75, 3.05) is 19.0 Å². The first-order valence-corrected chi connectivity index (χ1v) is 5.41. The van der Waals surface area contributed by atoms with E-state index in [0.717, 1.165) is 16.8 Å².